The maximum Gasteiger partial charge on any atom is 0.254 e. The average Bonchev–Trinajstić information content (AvgIpc) is 2.71. The van der Waals surface area contributed by atoms with Gasteiger partial charge < -0.3 is 14.4 Å². The highest BCUT2D eigenvalue weighted by molar-refractivity contribution is 5.94. The van der Waals surface area contributed by atoms with Gasteiger partial charge in [-0.25, -0.2) is 4.98 Å². The minimum Gasteiger partial charge on any atom is -0.471 e. The number of aromatic nitrogens is 1. The molecule has 6 heteroatoms. The Morgan fingerprint density at radius 3 is 2.46 bits per heavy atom. The van der Waals surface area contributed by atoms with E-state index in [1.807, 2.05) is 30.3 Å². The summed E-state index contributed by atoms with van der Waals surface area (Å²) in [5.74, 6) is 1.78. The Bertz CT molecular complexity index is 1010. The standard InChI is InChI=1S/C22H17N3O3/c23-13-16-10-11-24-21(12-16)28-20-14-25(15-20)22(26)17-6-8-19(9-7-17)27-18-4-2-1-3-5-18/h1-12,20H,14-15H2. The maximum absolute atomic E-state index is 12.6. The molecule has 1 aliphatic heterocycles. The molecule has 1 amide bonds. The lowest BCUT2D eigenvalue weighted by Crippen LogP contribution is -2.56. The predicted octanol–water partition coefficient (Wildman–Crippen LogP) is 3.65. The summed E-state index contributed by atoms with van der Waals surface area (Å²) in [7, 11) is 0. The van der Waals surface area contributed by atoms with E-state index in [1.165, 1.54) is 6.20 Å². The molecule has 0 spiro atoms. The van der Waals surface area contributed by atoms with E-state index in [4.69, 9.17) is 14.7 Å². The first kappa shape index (κ1) is 17.6. The number of amides is 1. The normalized spacial score (nSPS) is 13.3. The van der Waals surface area contributed by atoms with Crippen molar-refractivity contribution in [2.24, 2.45) is 0 Å². The van der Waals surface area contributed by atoms with Crippen molar-refractivity contribution in [3.63, 3.8) is 0 Å². The zero-order valence-corrected chi connectivity index (χ0v) is 15.0. The fourth-order valence-electron chi connectivity index (χ4n) is 2.87. The van der Waals surface area contributed by atoms with Crippen molar-refractivity contribution in [1.29, 1.82) is 5.26 Å². The largest absolute Gasteiger partial charge is 0.471 e. The molecule has 1 saturated heterocycles. The molecule has 0 bridgehead atoms. The fraction of sp³-hybridized carbons (Fsp3) is 0.136. The van der Waals surface area contributed by atoms with Crippen molar-refractivity contribution in [3.8, 4) is 23.4 Å². The van der Waals surface area contributed by atoms with Crippen LogP contribution in [0.4, 0.5) is 0 Å². The Labute approximate surface area is 162 Å². The third-order valence-corrected chi connectivity index (χ3v) is 4.37. The SMILES string of the molecule is N#Cc1ccnc(OC2CN(C(=O)c3ccc(Oc4ccccc4)cc3)C2)c1. The van der Waals surface area contributed by atoms with Crippen molar-refractivity contribution < 1.29 is 14.3 Å². The van der Waals surface area contributed by atoms with Gasteiger partial charge in [-0.3, -0.25) is 4.79 Å². The molecule has 0 N–H and O–H groups in total. The summed E-state index contributed by atoms with van der Waals surface area (Å²) in [6.07, 6.45) is 1.42. The molecular weight excluding hydrogens is 354 g/mol. The lowest BCUT2D eigenvalue weighted by atomic mass is 10.1. The second-order valence-electron chi connectivity index (χ2n) is 6.38. The molecule has 4 rings (SSSR count). The van der Waals surface area contributed by atoms with E-state index >= 15 is 0 Å². The van der Waals surface area contributed by atoms with Crippen LogP contribution in [0.2, 0.25) is 0 Å². The van der Waals surface area contributed by atoms with E-state index in [2.05, 4.69) is 11.1 Å². The van der Waals surface area contributed by atoms with Gasteiger partial charge >= 0.3 is 0 Å². The number of carbonyl (C=O) groups is 1. The van der Waals surface area contributed by atoms with Crippen LogP contribution in [0.25, 0.3) is 0 Å². The Morgan fingerprint density at radius 1 is 1.04 bits per heavy atom. The van der Waals surface area contributed by atoms with Gasteiger partial charge in [-0.05, 0) is 42.5 Å². The molecule has 28 heavy (non-hydrogen) atoms. The molecule has 3 aromatic rings. The molecule has 0 saturated carbocycles. The number of benzene rings is 2. The molecule has 138 valence electrons. The van der Waals surface area contributed by atoms with Crippen LogP contribution in [0.15, 0.2) is 72.9 Å². The molecule has 0 unspecified atom stereocenters. The van der Waals surface area contributed by atoms with E-state index in [-0.39, 0.29) is 12.0 Å². The second-order valence-corrected chi connectivity index (χ2v) is 6.38. The Balaban J connectivity index is 1.31. The van der Waals surface area contributed by atoms with Crippen molar-refractivity contribution in [3.05, 3.63) is 84.1 Å². The molecular formula is C22H17N3O3. The monoisotopic (exact) mass is 371 g/mol. The zero-order valence-electron chi connectivity index (χ0n) is 15.0. The van der Waals surface area contributed by atoms with E-state index in [1.54, 1.807) is 41.3 Å². The summed E-state index contributed by atoms with van der Waals surface area (Å²) >= 11 is 0. The smallest absolute Gasteiger partial charge is 0.254 e. The summed E-state index contributed by atoms with van der Waals surface area (Å²) in [6.45, 7) is 0.971. The van der Waals surface area contributed by atoms with Gasteiger partial charge in [0.15, 0.2) is 0 Å². The molecule has 1 aliphatic rings. The number of nitriles is 1. The second kappa shape index (κ2) is 7.80. The van der Waals surface area contributed by atoms with Crippen molar-refractivity contribution in [2.45, 2.75) is 6.10 Å². The number of nitrogens with zero attached hydrogens (tertiary/aromatic N) is 3. The van der Waals surface area contributed by atoms with Crippen LogP contribution in [0.1, 0.15) is 15.9 Å². The number of para-hydroxylation sites is 1. The highest BCUT2D eigenvalue weighted by Gasteiger charge is 2.33. The summed E-state index contributed by atoms with van der Waals surface area (Å²) in [5, 5.41) is 8.92. The first-order valence-corrected chi connectivity index (χ1v) is 8.86. The number of pyridine rings is 1. The molecule has 6 nitrogen and oxygen atoms in total. The van der Waals surface area contributed by atoms with Crippen LogP contribution in [0, 0.1) is 11.3 Å². The molecule has 1 fully saturated rings. The topological polar surface area (TPSA) is 75.5 Å². The van der Waals surface area contributed by atoms with Crippen LogP contribution in [-0.2, 0) is 0 Å². The number of likely N-dealkylation sites (tertiary alicyclic amines) is 1. The summed E-state index contributed by atoms with van der Waals surface area (Å²) in [5.41, 5.74) is 1.10. The van der Waals surface area contributed by atoms with Gasteiger partial charge in [0.1, 0.15) is 17.6 Å². The lowest BCUT2D eigenvalue weighted by molar-refractivity contribution is 0.0160. The quantitative estimate of drug-likeness (QED) is 0.684. The fourth-order valence-corrected chi connectivity index (χ4v) is 2.87. The summed E-state index contributed by atoms with van der Waals surface area (Å²) in [4.78, 5) is 18.4. The van der Waals surface area contributed by atoms with Crippen LogP contribution in [-0.4, -0.2) is 35.0 Å². The van der Waals surface area contributed by atoms with Crippen molar-refractivity contribution in [1.82, 2.24) is 9.88 Å². The van der Waals surface area contributed by atoms with Gasteiger partial charge in [0.05, 0.1) is 24.7 Å². The van der Waals surface area contributed by atoms with Crippen LogP contribution >= 0.6 is 0 Å². The van der Waals surface area contributed by atoms with Gasteiger partial charge in [0.2, 0.25) is 5.88 Å². The van der Waals surface area contributed by atoms with Crippen molar-refractivity contribution in [2.75, 3.05) is 13.1 Å². The molecule has 2 heterocycles. The van der Waals surface area contributed by atoms with E-state index < -0.39 is 0 Å². The molecule has 0 aliphatic carbocycles. The number of rotatable bonds is 5. The third kappa shape index (κ3) is 3.94. The number of hydrogen-bond acceptors (Lipinski definition) is 5. The van der Waals surface area contributed by atoms with Crippen LogP contribution in [0.3, 0.4) is 0 Å². The van der Waals surface area contributed by atoms with E-state index in [0.29, 0.717) is 35.8 Å². The number of hydrogen-bond donors (Lipinski definition) is 0. The maximum atomic E-state index is 12.6. The first-order chi connectivity index (χ1) is 13.7. The Kier molecular flexibility index (Phi) is 4.89. The predicted molar refractivity (Wildman–Crippen MR) is 102 cm³/mol. The van der Waals surface area contributed by atoms with Gasteiger partial charge in [-0.2, -0.15) is 5.26 Å². The first-order valence-electron chi connectivity index (χ1n) is 8.86. The molecule has 1 aromatic heterocycles. The number of carbonyl (C=O) groups excluding carboxylic acids is 1. The highest BCUT2D eigenvalue weighted by atomic mass is 16.5. The van der Waals surface area contributed by atoms with Crippen molar-refractivity contribution >= 4 is 5.91 Å². The lowest BCUT2D eigenvalue weighted by Gasteiger charge is -2.38. The highest BCUT2D eigenvalue weighted by Crippen LogP contribution is 2.23. The summed E-state index contributed by atoms with van der Waals surface area (Å²) in [6, 6.07) is 21.8. The summed E-state index contributed by atoms with van der Waals surface area (Å²) < 4.78 is 11.5. The molecule has 0 atom stereocenters. The van der Waals surface area contributed by atoms with Gasteiger partial charge in [-0.1, -0.05) is 18.2 Å². The van der Waals surface area contributed by atoms with Gasteiger partial charge in [-0.15, -0.1) is 0 Å². The molecule has 2 aromatic carbocycles. The third-order valence-electron chi connectivity index (χ3n) is 4.37. The van der Waals surface area contributed by atoms with E-state index in [0.717, 1.165) is 5.75 Å². The zero-order chi connectivity index (χ0) is 19.3. The van der Waals surface area contributed by atoms with Crippen LogP contribution < -0.4 is 9.47 Å². The number of ether oxygens (including phenoxy) is 2. The minimum atomic E-state index is -0.119. The van der Waals surface area contributed by atoms with Crippen LogP contribution in [0.5, 0.6) is 17.4 Å². The Hall–Kier alpha value is -3.85. The van der Waals surface area contributed by atoms with Gasteiger partial charge in [0, 0.05) is 17.8 Å². The van der Waals surface area contributed by atoms with E-state index in [9.17, 15) is 4.79 Å². The average molecular weight is 371 g/mol. The Morgan fingerprint density at radius 2 is 1.75 bits per heavy atom. The minimum absolute atomic E-state index is 0.0511. The van der Waals surface area contributed by atoms with Gasteiger partial charge in [0.25, 0.3) is 5.91 Å². The molecule has 0 radical (unpaired) electrons.